The molecule has 1 unspecified atom stereocenters. The summed E-state index contributed by atoms with van der Waals surface area (Å²) in [5, 5.41) is 0. The molecule has 7 nitrogen and oxygen atoms in total. The molecular formula is C19H22N2O5. The van der Waals surface area contributed by atoms with Crippen LogP contribution in [0.15, 0.2) is 24.3 Å². The number of hydrogen-bond acceptors (Lipinski definition) is 5. The zero-order chi connectivity index (χ0) is 18.7. The highest BCUT2D eigenvalue weighted by molar-refractivity contribution is 6.21. The van der Waals surface area contributed by atoms with Gasteiger partial charge >= 0.3 is 5.97 Å². The standard InChI is InChI=1S/C19H22N2O5/c1-2-26-19(25)13-6-5-10-20(12-13)16(22)9-11-21-17(23)14-7-3-4-8-15(14)18(21)24/h3-4,7-8,13H,2,5-6,9-12H2,1H3. The van der Waals surface area contributed by atoms with Gasteiger partial charge in [-0.15, -0.1) is 0 Å². The Morgan fingerprint density at radius 2 is 1.81 bits per heavy atom. The van der Waals surface area contributed by atoms with Crippen molar-refractivity contribution in [3.63, 3.8) is 0 Å². The fraction of sp³-hybridized carbons (Fsp3) is 0.474. The normalized spacial score (nSPS) is 19.5. The molecule has 26 heavy (non-hydrogen) atoms. The third-order valence-corrected chi connectivity index (χ3v) is 4.82. The van der Waals surface area contributed by atoms with Crippen LogP contribution in [0.3, 0.4) is 0 Å². The second kappa shape index (κ2) is 7.68. The highest BCUT2D eigenvalue weighted by Gasteiger charge is 2.36. The Morgan fingerprint density at radius 3 is 2.42 bits per heavy atom. The molecule has 0 bridgehead atoms. The van der Waals surface area contributed by atoms with Crippen LogP contribution in [-0.4, -0.2) is 59.7 Å². The van der Waals surface area contributed by atoms with E-state index >= 15 is 0 Å². The molecule has 1 aromatic rings. The highest BCUT2D eigenvalue weighted by Crippen LogP contribution is 2.23. The fourth-order valence-electron chi connectivity index (χ4n) is 3.46. The number of nitrogens with zero attached hydrogens (tertiary/aromatic N) is 2. The quantitative estimate of drug-likeness (QED) is 0.588. The summed E-state index contributed by atoms with van der Waals surface area (Å²) < 4.78 is 5.04. The molecule has 1 aromatic carbocycles. The minimum absolute atomic E-state index is 0.0474. The summed E-state index contributed by atoms with van der Waals surface area (Å²) in [6, 6.07) is 6.65. The molecule has 1 fully saturated rings. The van der Waals surface area contributed by atoms with E-state index in [1.54, 1.807) is 36.1 Å². The minimum Gasteiger partial charge on any atom is -0.466 e. The van der Waals surface area contributed by atoms with E-state index < -0.39 is 0 Å². The van der Waals surface area contributed by atoms with Crippen LogP contribution in [0.5, 0.6) is 0 Å². The molecule has 2 aliphatic heterocycles. The Balaban J connectivity index is 1.57. The topological polar surface area (TPSA) is 84.0 Å². The Labute approximate surface area is 151 Å². The largest absolute Gasteiger partial charge is 0.466 e. The lowest BCUT2D eigenvalue weighted by Crippen LogP contribution is -2.44. The van der Waals surface area contributed by atoms with E-state index in [9.17, 15) is 19.2 Å². The summed E-state index contributed by atoms with van der Waals surface area (Å²) in [6.45, 7) is 3.04. The average Bonchev–Trinajstić information content (AvgIpc) is 2.91. The first-order chi connectivity index (χ1) is 12.5. The van der Waals surface area contributed by atoms with Gasteiger partial charge in [-0.05, 0) is 31.9 Å². The molecule has 1 saturated heterocycles. The molecular weight excluding hydrogens is 336 g/mol. The first-order valence-electron chi connectivity index (χ1n) is 8.92. The molecule has 0 N–H and O–H groups in total. The smallest absolute Gasteiger partial charge is 0.310 e. The van der Waals surface area contributed by atoms with Crippen LogP contribution in [0.25, 0.3) is 0 Å². The summed E-state index contributed by atoms with van der Waals surface area (Å²) in [5.41, 5.74) is 0.760. The summed E-state index contributed by atoms with van der Waals surface area (Å²) >= 11 is 0. The average molecular weight is 358 g/mol. The van der Waals surface area contributed by atoms with Crippen molar-refractivity contribution in [2.24, 2.45) is 5.92 Å². The zero-order valence-corrected chi connectivity index (χ0v) is 14.8. The maximum absolute atomic E-state index is 12.5. The molecule has 0 radical (unpaired) electrons. The van der Waals surface area contributed by atoms with E-state index in [1.807, 2.05) is 0 Å². The van der Waals surface area contributed by atoms with Gasteiger partial charge in [-0.3, -0.25) is 24.1 Å². The van der Waals surface area contributed by atoms with Gasteiger partial charge in [0.05, 0.1) is 23.7 Å². The van der Waals surface area contributed by atoms with Crippen molar-refractivity contribution >= 4 is 23.7 Å². The predicted octanol–water partition coefficient (Wildman–Crippen LogP) is 1.47. The number of benzene rings is 1. The van der Waals surface area contributed by atoms with E-state index in [-0.39, 0.29) is 42.6 Å². The Hall–Kier alpha value is -2.70. The Bertz CT molecular complexity index is 710. The summed E-state index contributed by atoms with van der Waals surface area (Å²) in [5.74, 6) is -1.45. The van der Waals surface area contributed by atoms with Crippen molar-refractivity contribution in [3.05, 3.63) is 35.4 Å². The second-order valence-electron chi connectivity index (χ2n) is 6.49. The SMILES string of the molecule is CCOC(=O)C1CCCN(C(=O)CCN2C(=O)c3ccccc3C2=O)C1. The maximum atomic E-state index is 12.5. The van der Waals surface area contributed by atoms with Crippen LogP contribution in [0.4, 0.5) is 0 Å². The number of ether oxygens (including phenoxy) is 1. The van der Waals surface area contributed by atoms with Crippen LogP contribution in [0, 0.1) is 5.92 Å². The molecule has 2 heterocycles. The molecule has 1 atom stereocenters. The van der Waals surface area contributed by atoms with E-state index in [2.05, 4.69) is 0 Å². The monoisotopic (exact) mass is 358 g/mol. The van der Waals surface area contributed by atoms with Gasteiger partial charge in [0.2, 0.25) is 5.91 Å². The van der Waals surface area contributed by atoms with Gasteiger partial charge in [0, 0.05) is 26.1 Å². The lowest BCUT2D eigenvalue weighted by Gasteiger charge is -2.32. The lowest BCUT2D eigenvalue weighted by atomic mass is 9.98. The third kappa shape index (κ3) is 3.47. The number of imide groups is 1. The van der Waals surface area contributed by atoms with Crippen molar-refractivity contribution in [1.29, 1.82) is 0 Å². The number of fused-ring (bicyclic) bond motifs is 1. The summed E-state index contributed by atoms with van der Waals surface area (Å²) in [4.78, 5) is 51.8. The third-order valence-electron chi connectivity index (χ3n) is 4.82. The van der Waals surface area contributed by atoms with Gasteiger partial charge < -0.3 is 9.64 Å². The second-order valence-corrected chi connectivity index (χ2v) is 6.49. The van der Waals surface area contributed by atoms with Crippen molar-refractivity contribution in [1.82, 2.24) is 9.80 Å². The maximum Gasteiger partial charge on any atom is 0.310 e. The van der Waals surface area contributed by atoms with Gasteiger partial charge in [-0.25, -0.2) is 0 Å². The first-order valence-corrected chi connectivity index (χ1v) is 8.92. The highest BCUT2D eigenvalue weighted by atomic mass is 16.5. The molecule has 3 rings (SSSR count). The molecule has 0 aliphatic carbocycles. The van der Waals surface area contributed by atoms with Crippen LogP contribution >= 0.6 is 0 Å². The van der Waals surface area contributed by atoms with Gasteiger partial charge in [0.1, 0.15) is 0 Å². The predicted molar refractivity (Wildman–Crippen MR) is 92.4 cm³/mol. The van der Waals surface area contributed by atoms with E-state index in [1.165, 1.54) is 0 Å². The van der Waals surface area contributed by atoms with Crippen molar-refractivity contribution in [2.75, 3.05) is 26.2 Å². The molecule has 0 spiro atoms. The van der Waals surface area contributed by atoms with E-state index in [0.717, 1.165) is 11.3 Å². The number of likely N-dealkylation sites (tertiary alicyclic amines) is 1. The van der Waals surface area contributed by atoms with Crippen molar-refractivity contribution in [2.45, 2.75) is 26.2 Å². The first kappa shape index (κ1) is 18.1. The zero-order valence-electron chi connectivity index (χ0n) is 14.8. The number of carbonyl (C=O) groups excluding carboxylic acids is 4. The Morgan fingerprint density at radius 1 is 1.15 bits per heavy atom. The molecule has 3 amide bonds. The number of hydrogen-bond donors (Lipinski definition) is 0. The van der Waals surface area contributed by atoms with E-state index in [4.69, 9.17) is 4.74 Å². The number of rotatable bonds is 5. The number of esters is 1. The number of piperidine rings is 1. The minimum atomic E-state index is -0.360. The summed E-state index contributed by atoms with van der Waals surface area (Å²) in [6.07, 6.45) is 1.50. The summed E-state index contributed by atoms with van der Waals surface area (Å²) in [7, 11) is 0. The van der Waals surface area contributed by atoms with Gasteiger partial charge in [0.15, 0.2) is 0 Å². The van der Waals surface area contributed by atoms with E-state index in [0.29, 0.717) is 37.2 Å². The molecule has 7 heteroatoms. The van der Waals surface area contributed by atoms with Crippen LogP contribution in [0.2, 0.25) is 0 Å². The van der Waals surface area contributed by atoms with Crippen molar-refractivity contribution in [3.8, 4) is 0 Å². The van der Waals surface area contributed by atoms with Gasteiger partial charge in [-0.1, -0.05) is 12.1 Å². The lowest BCUT2D eigenvalue weighted by molar-refractivity contribution is -0.151. The molecule has 138 valence electrons. The number of amides is 3. The number of carbonyl (C=O) groups is 4. The molecule has 0 saturated carbocycles. The van der Waals surface area contributed by atoms with Gasteiger partial charge in [0.25, 0.3) is 11.8 Å². The van der Waals surface area contributed by atoms with Crippen LogP contribution in [-0.2, 0) is 14.3 Å². The van der Waals surface area contributed by atoms with Gasteiger partial charge in [-0.2, -0.15) is 0 Å². The fourth-order valence-corrected chi connectivity index (χ4v) is 3.46. The van der Waals surface area contributed by atoms with Crippen molar-refractivity contribution < 1.29 is 23.9 Å². The molecule has 2 aliphatic rings. The van der Waals surface area contributed by atoms with Crippen LogP contribution < -0.4 is 0 Å². The molecule has 0 aromatic heterocycles. The van der Waals surface area contributed by atoms with Crippen LogP contribution in [0.1, 0.15) is 46.9 Å². The Kier molecular flexibility index (Phi) is 5.35.